The fraction of sp³-hybridized carbons (Fsp3) is 0.391. The molecule has 1 amide bonds. The van der Waals surface area contributed by atoms with Gasteiger partial charge in [0.2, 0.25) is 0 Å². The Morgan fingerprint density at radius 3 is 2.45 bits per heavy atom. The van der Waals surface area contributed by atoms with Crippen LogP contribution < -0.4 is 0 Å². The Hall–Kier alpha value is -2.57. The molecule has 0 bridgehead atoms. The number of likely N-dealkylation sites (N-methyl/N-ethyl adjacent to an activating group) is 1. The molecule has 6 heteroatoms. The number of nitrogens with zero attached hydrogens (tertiary/aromatic N) is 4. The monoisotopic (exact) mass is 394 g/mol. The topological polar surface area (TPSA) is 39.2 Å². The summed E-state index contributed by atoms with van der Waals surface area (Å²) < 4.78 is 13.3. The number of halogens is 1. The van der Waals surface area contributed by atoms with Crippen LogP contribution in [-0.2, 0) is 4.79 Å². The van der Waals surface area contributed by atoms with Gasteiger partial charge in [0.05, 0.1) is 18.3 Å². The van der Waals surface area contributed by atoms with Crippen molar-refractivity contribution in [1.29, 1.82) is 0 Å². The molecule has 0 aromatic heterocycles. The van der Waals surface area contributed by atoms with Gasteiger partial charge in [-0.15, -0.1) is 0 Å². The van der Waals surface area contributed by atoms with E-state index in [0.717, 1.165) is 48.6 Å². The third kappa shape index (κ3) is 4.38. The molecule has 2 heterocycles. The second-order valence-corrected chi connectivity index (χ2v) is 7.95. The van der Waals surface area contributed by atoms with Gasteiger partial charge in [-0.25, -0.2) is 9.40 Å². The minimum Gasteiger partial charge on any atom is -0.304 e. The van der Waals surface area contributed by atoms with Crippen molar-refractivity contribution in [3.63, 3.8) is 0 Å². The normalized spacial score (nSPS) is 20.7. The molecule has 0 unspecified atom stereocenters. The van der Waals surface area contributed by atoms with E-state index in [1.807, 2.05) is 12.1 Å². The van der Waals surface area contributed by atoms with Crippen molar-refractivity contribution in [1.82, 2.24) is 14.8 Å². The number of amides is 1. The van der Waals surface area contributed by atoms with Crippen LogP contribution in [0.1, 0.15) is 29.2 Å². The Balaban J connectivity index is 1.59. The molecule has 29 heavy (non-hydrogen) atoms. The molecule has 152 valence electrons. The third-order valence-electron chi connectivity index (χ3n) is 5.85. The molecule has 5 nitrogen and oxygen atoms in total. The summed E-state index contributed by atoms with van der Waals surface area (Å²) in [4.78, 5) is 17.7. The van der Waals surface area contributed by atoms with Crippen LogP contribution in [0, 0.1) is 12.7 Å². The van der Waals surface area contributed by atoms with E-state index in [4.69, 9.17) is 5.10 Å². The van der Waals surface area contributed by atoms with Gasteiger partial charge in [0.25, 0.3) is 5.91 Å². The van der Waals surface area contributed by atoms with Gasteiger partial charge in [0, 0.05) is 32.6 Å². The molecule has 0 saturated carbocycles. The molecule has 2 aromatic carbocycles. The number of piperazine rings is 1. The smallest absolute Gasteiger partial charge is 0.257 e. The minimum atomic E-state index is -0.272. The van der Waals surface area contributed by atoms with E-state index in [1.54, 1.807) is 17.1 Å². The Kier molecular flexibility index (Phi) is 5.74. The van der Waals surface area contributed by atoms with Crippen LogP contribution in [0.5, 0.6) is 0 Å². The number of benzene rings is 2. The van der Waals surface area contributed by atoms with Gasteiger partial charge >= 0.3 is 0 Å². The maximum absolute atomic E-state index is 13.3. The number of carbonyl (C=O) groups is 1. The number of hydrazone groups is 1. The number of hydrogen-bond acceptors (Lipinski definition) is 4. The summed E-state index contributed by atoms with van der Waals surface area (Å²) in [5.74, 6) is -0.259. The highest BCUT2D eigenvalue weighted by Crippen LogP contribution is 2.34. The van der Waals surface area contributed by atoms with E-state index in [1.165, 1.54) is 12.1 Å². The van der Waals surface area contributed by atoms with E-state index in [-0.39, 0.29) is 17.8 Å². The molecule has 2 aromatic rings. The van der Waals surface area contributed by atoms with Gasteiger partial charge in [-0.1, -0.05) is 36.4 Å². The van der Waals surface area contributed by atoms with E-state index < -0.39 is 0 Å². The van der Waals surface area contributed by atoms with Gasteiger partial charge in [-0.05, 0) is 42.8 Å². The van der Waals surface area contributed by atoms with Crippen molar-refractivity contribution in [2.75, 3.05) is 39.8 Å². The van der Waals surface area contributed by atoms with Crippen molar-refractivity contribution in [2.45, 2.75) is 19.4 Å². The molecule has 2 aliphatic heterocycles. The maximum Gasteiger partial charge on any atom is 0.257 e. The summed E-state index contributed by atoms with van der Waals surface area (Å²) in [5, 5.41) is 6.36. The average Bonchev–Trinajstić information content (AvgIpc) is 3.16. The zero-order valence-corrected chi connectivity index (χ0v) is 17.0. The van der Waals surface area contributed by atoms with Gasteiger partial charge in [0.1, 0.15) is 5.82 Å². The largest absolute Gasteiger partial charge is 0.304 e. The summed E-state index contributed by atoms with van der Waals surface area (Å²) in [6.45, 7) is 6.15. The van der Waals surface area contributed by atoms with Crippen LogP contribution in [-0.4, -0.2) is 66.2 Å². The average molecular weight is 394 g/mol. The molecule has 0 aliphatic carbocycles. The van der Waals surface area contributed by atoms with Crippen molar-refractivity contribution >= 4 is 11.6 Å². The Labute approximate surface area is 171 Å². The molecule has 1 saturated heterocycles. The summed E-state index contributed by atoms with van der Waals surface area (Å²) in [7, 11) is 2.10. The fourth-order valence-corrected chi connectivity index (χ4v) is 4.03. The number of rotatable bonds is 4. The SMILES string of the molecule is Cc1ccccc1[C@H]1CC(c2ccc(F)cc2)=NN1C(=O)CN1CCN(C)CC1. The van der Waals surface area contributed by atoms with Crippen molar-refractivity contribution < 1.29 is 9.18 Å². The van der Waals surface area contributed by atoms with Gasteiger partial charge in [-0.2, -0.15) is 5.10 Å². The van der Waals surface area contributed by atoms with E-state index in [0.29, 0.717) is 13.0 Å². The number of aryl methyl sites for hydroxylation is 1. The van der Waals surface area contributed by atoms with Crippen LogP contribution in [0.25, 0.3) is 0 Å². The molecular formula is C23H27FN4O. The zero-order chi connectivity index (χ0) is 20.4. The molecule has 0 radical (unpaired) electrons. The lowest BCUT2D eigenvalue weighted by molar-refractivity contribution is -0.134. The molecular weight excluding hydrogens is 367 g/mol. The van der Waals surface area contributed by atoms with E-state index >= 15 is 0 Å². The lowest BCUT2D eigenvalue weighted by Crippen LogP contribution is -2.48. The molecule has 2 aliphatic rings. The van der Waals surface area contributed by atoms with Gasteiger partial charge in [0.15, 0.2) is 0 Å². The van der Waals surface area contributed by atoms with E-state index in [9.17, 15) is 9.18 Å². The van der Waals surface area contributed by atoms with E-state index in [2.05, 4.69) is 35.9 Å². The molecule has 1 fully saturated rings. The number of hydrogen-bond donors (Lipinski definition) is 0. The van der Waals surface area contributed by atoms with Gasteiger partial charge in [-0.3, -0.25) is 9.69 Å². The first-order valence-electron chi connectivity index (χ1n) is 10.1. The quantitative estimate of drug-likeness (QED) is 0.800. The first-order chi connectivity index (χ1) is 14.0. The zero-order valence-electron chi connectivity index (χ0n) is 17.0. The first kappa shape index (κ1) is 19.7. The second-order valence-electron chi connectivity index (χ2n) is 7.95. The number of carbonyl (C=O) groups excluding carboxylic acids is 1. The highest BCUT2D eigenvalue weighted by Gasteiger charge is 2.34. The van der Waals surface area contributed by atoms with Gasteiger partial charge < -0.3 is 4.90 Å². The first-order valence-corrected chi connectivity index (χ1v) is 10.1. The van der Waals surface area contributed by atoms with Crippen LogP contribution in [0.4, 0.5) is 4.39 Å². The minimum absolute atomic E-state index is 0.0138. The summed E-state index contributed by atoms with van der Waals surface area (Å²) in [5.41, 5.74) is 3.94. The molecule has 0 spiro atoms. The Morgan fingerprint density at radius 1 is 1.07 bits per heavy atom. The third-order valence-corrected chi connectivity index (χ3v) is 5.85. The predicted molar refractivity (Wildman–Crippen MR) is 112 cm³/mol. The second kappa shape index (κ2) is 8.43. The summed E-state index contributed by atoms with van der Waals surface area (Å²) >= 11 is 0. The van der Waals surface area contributed by atoms with Crippen LogP contribution in [0.2, 0.25) is 0 Å². The highest BCUT2D eigenvalue weighted by molar-refractivity contribution is 6.03. The highest BCUT2D eigenvalue weighted by atomic mass is 19.1. The predicted octanol–water partition coefficient (Wildman–Crippen LogP) is 3.06. The van der Waals surface area contributed by atoms with Crippen molar-refractivity contribution in [2.24, 2.45) is 5.10 Å². The summed E-state index contributed by atoms with van der Waals surface area (Å²) in [6, 6.07) is 14.4. The van der Waals surface area contributed by atoms with Crippen LogP contribution in [0.3, 0.4) is 0 Å². The molecule has 4 rings (SSSR count). The van der Waals surface area contributed by atoms with Crippen LogP contribution in [0.15, 0.2) is 53.6 Å². The van der Waals surface area contributed by atoms with Crippen LogP contribution >= 0.6 is 0 Å². The lowest BCUT2D eigenvalue weighted by Gasteiger charge is -2.33. The Morgan fingerprint density at radius 2 is 1.76 bits per heavy atom. The lowest BCUT2D eigenvalue weighted by atomic mass is 9.95. The fourth-order valence-electron chi connectivity index (χ4n) is 4.03. The maximum atomic E-state index is 13.3. The molecule has 0 N–H and O–H groups in total. The summed E-state index contributed by atoms with van der Waals surface area (Å²) in [6.07, 6.45) is 0.630. The Bertz CT molecular complexity index is 903. The van der Waals surface area contributed by atoms with Crippen molar-refractivity contribution in [3.05, 3.63) is 71.0 Å². The standard InChI is InChI=1S/C23H27FN4O/c1-17-5-3-4-6-20(17)22-15-21(18-7-9-19(24)10-8-18)25-28(22)23(29)16-27-13-11-26(2)12-14-27/h3-10,22H,11-16H2,1-2H3/t22-/m1/s1. The molecule has 1 atom stereocenters. The van der Waals surface area contributed by atoms with Crippen molar-refractivity contribution in [3.8, 4) is 0 Å².